The first kappa shape index (κ1) is 15.4. The zero-order valence-corrected chi connectivity index (χ0v) is 12.4. The fourth-order valence-electron chi connectivity index (χ4n) is 2.32. The van der Waals surface area contributed by atoms with Crippen molar-refractivity contribution < 1.29 is 23.4 Å². The Morgan fingerprint density at radius 2 is 2.00 bits per heavy atom. The zero-order chi connectivity index (χ0) is 14.8. The lowest BCUT2D eigenvalue weighted by Gasteiger charge is -2.25. The highest BCUT2D eigenvalue weighted by molar-refractivity contribution is 7.89. The number of carboxylic acids is 1. The largest absolute Gasteiger partial charge is 0.477 e. The summed E-state index contributed by atoms with van der Waals surface area (Å²) in [5.41, 5.74) is 0. The van der Waals surface area contributed by atoms with Crippen LogP contribution in [0.2, 0.25) is 0 Å². The zero-order valence-electron chi connectivity index (χ0n) is 10.8. The number of aliphatic hydroxyl groups excluding tert-OH is 1. The Morgan fingerprint density at radius 3 is 2.60 bits per heavy atom. The van der Waals surface area contributed by atoms with E-state index in [1.807, 2.05) is 0 Å². The molecule has 0 unspecified atom stereocenters. The van der Waals surface area contributed by atoms with Gasteiger partial charge in [-0.2, -0.15) is 0 Å². The molecule has 0 radical (unpaired) electrons. The number of aliphatic hydroxyl groups is 1. The molecule has 2 rings (SSSR count). The van der Waals surface area contributed by atoms with Crippen molar-refractivity contribution in [3.05, 3.63) is 16.3 Å². The van der Waals surface area contributed by atoms with Gasteiger partial charge in [0.25, 0.3) is 0 Å². The third-order valence-electron chi connectivity index (χ3n) is 3.49. The standard InChI is InChI=1S/C12H17NO5S2/c14-9-3-1-8(2-4-9)7-13-20(17,18)10-5-6-19-11(10)12(15)16/h5-6,8-9,13-14H,1-4,7H2,(H,15,16). The molecule has 112 valence electrons. The molecule has 0 aromatic carbocycles. The second-order valence-corrected chi connectivity index (χ2v) is 7.60. The summed E-state index contributed by atoms with van der Waals surface area (Å²) in [5.74, 6) is -1.04. The quantitative estimate of drug-likeness (QED) is 0.758. The van der Waals surface area contributed by atoms with Crippen LogP contribution in [0.5, 0.6) is 0 Å². The number of sulfonamides is 1. The number of nitrogens with one attached hydrogen (secondary N) is 1. The Kier molecular flexibility index (Phi) is 4.79. The van der Waals surface area contributed by atoms with Crippen LogP contribution in [0.3, 0.4) is 0 Å². The fraction of sp³-hybridized carbons (Fsp3) is 0.583. The van der Waals surface area contributed by atoms with E-state index < -0.39 is 16.0 Å². The maximum atomic E-state index is 12.1. The van der Waals surface area contributed by atoms with Crippen molar-refractivity contribution in [2.45, 2.75) is 36.7 Å². The molecule has 0 atom stereocenters. The molecule has 1 saturated carbocycles. The van der Waals surface area contributed by atoms with Gasteiger partial charge in [-0.15, -0.1) is 11.3 Å². The second kappa shape index (κ2) is 6.21. The van der Waals surface area contributed by atoms with Crippen LogP contribution in [0.25, 0.3) is 0 Å². The van der Waals surface area contributed by atoms with E-state index in [1.54, 1.807) is 0 Å². The van der Waals surface area contributed by atoms with Gasteiger partial charge >= 0.3 is 5.97 Å². The molecule has 0 spiro atoms. The average molecular weight is 319 g/mol. The first-order chi connectivity index (χ1) is 9.40. The lowest BCUT2D eigenvalue weighted by atomic mass is 9.88. The van der Waals surface area contributed by atoms with Crippen LogP contribution in [-0.4, -0.2) is 37.2 Å². The molecule has 1 aliphatic carbocycles. The minimum absolute atomic E-state index is 0.170. The van der Waals surface area contributed by atoms with E-state index in [1.165, 1.54) is 11.4 Å². The van der Waals surface area contributed by atoms with Crippen LogP contribution in [-0.2, 0) is 10.0 Å². The van der Waals surface area contributed by atoms with Gasteiger partial charge in [-0.05, 0) is 43.0 Å². The van der Waals surface area contributed by atoms with Gasteiger partial charge in [-0.3, -0.25) is 0 Å². The van der Waals surface area contributed by atoms with E-state index in [9.17, 15) is 18.3 Å². The summed E-state index contributed by atoms with van der Waals surface area (Å²) in [6.07, 6.45) is 2.65. The smallest absolute Gasteiger partial charge is 0.347 e. The summed E-state index contributed by atoms with van der Waals surface area (Å²) in [6, 6.07) is 1.31. The molecule has 8 heteroatoms. The van der Waals surface area contributed by atoms with Gasteiger partial charge in [-0.25, -0.2) is 17.9 Å². The first-order valence-corrected chi connectivity index (χ1v) is 8.75. The summed E-state index contributed by atoms with van der Waals surface area (Å²) in [5, 5.41) is 19.8. The summed E-state index contributed by atoms with van der Waals surface area (Å²) in [7, 11) is -3.79. The molecule has 6 nitrogen and oxygen atoms in total. The monoisotopic (exact) mass is 319 g/mol. The number of carbonyl (C=O) groups is 1. The maximum Gasteiger partial charge on any atom is 0.347 e. The average Bonchev–Trinajstić information content (AvgIpc) is 2.88. The summed E-state index contributed by atoms with van der Waals surface area (Å²) in [4.78, 5) is 10.6. The van der Waals surface area contributed by atoms with Crippen LogP contribution in [0.15, 0.2) is 16.3 Å². The minimum atomic E-state index is -3.79. The fourth-order valence-corrected chi connectivity index (χ4v) is 4.69. The molecule has 1 aromatic rings. The lowest BCUT2D eigenvalue weighted by molar-refractivity contribution is 0.0698. The molecule has 20 heavy (non-hydrogen) atoms. The van der Waals surface area contributed by atoms with Crippen molar-refractivity contribution in [1.82, 2.24) is 4.72 Å². The Hall–Kier alpha value is -0.960. The minimum Gasteiger partial charge on any atom is -0.477 e. The van der Waals surface area contributed by atoms with Crippen molar-refractivity contribution in [2.75, 3.05) is 6.54 Å². The lowest BCUT2D eigenvalue weighted by Crippen LogP contribution is -2.32. The molecule has 1 aliphatic rings. The third-order valence-corrected chi connectivity index (χ3v) is 5.99. The summed E-state index contributed by atoms with van der Waals surface area (Å²) >= 11 is 0.894. The number of hydrogen-bond acceptors (Lipinski definition) is 5. The predicted molar refractivity (Wildman–Crippen MR) is 74.4 cm³/mol. The predicted octanol–water partition coefficient (Wildman–Crippen LogP) is 1.28. The topological polar surface area (TPSA) is 104 Å². The molecule has 0 saturated heterocycles. The Balaban J connectivity index is 2.01. The van der Waals surface area contributed by atoms with E-state index in [2.05, 4.69) is 4.72 Å². The number of thiophene rings is 1. The van der Waals surface area contributed by atoms with Gasteiger partial charge in [-0.1, -0.05) is 0 Å². The molecule has 0 bridgehead atoms. The van der Waals surface area contributed by atoms with Crippen LogP contribution in [0.1, 0.15) is 35.4 Å². The van der Waals surface area contributed by atoms with E-state index in [0.717, 1.165) is 24.2 Å². The van der Waals surface area contributed by atoms with Crippen LogP contribution in [0, 0.1) is 5.92 Å². The van der Waals surface area contributed by atoms with E-state index in [4.69, 9.17) is 5.11 Å². The second-order valence-electron chi connectivity index (χ2n) is 4.95. The van der Waals surface area contributed by atoms with E-state index in [0.29, 0.717) is 12.8 Å². The van der Waals surface area contributed by atoms with Crippen molar-refractivity contribution in [2.24, 2.45) is 5.92 Å². The van der Waals surface area contributed by atoms with Crippen LogP contribution >= 0.6 is 11.3 Å². The van der Waals surface area contributed by atoms with E-state index in [-0.39, 0.29) is 28.3 Å². The third kappa shape index (κ3) is 3.57. The molecule has 1 heterocycles. The Bertz CT molecular complexity index is 572. The normalized spacial score (nSPS) is 23.6. The van der Waals surface area contributed by atoms with Gasteiger partial charge in [0.1, 0.15) is 9.77 Å². The molecule has 0 aliphatic heterocycles. The molecular formula is C12H17NO5S2. The van der Waals surface area contributed by atoms with Crippen LogP contribution < -0.4 is 4.72 Å². The molecule has 3 N–H and O–H groups in total. The SMILES string of the molecule is O=C(O)c1sccc1S(=O)(=O)NCC1CCC(O)CC1. The highest BCUT2D eigenvalue weighted by Crippen LogP contribution is 2.25. The molecule has 1 fully saturated rings. The van der Waals surface area contributed by atoms with E-state index >= 15 is 0 Å². The highest BCUT2D eigenvalue weighted by Gasteiger charge is 2.26. The van der Waals surface area contributed by atoms with Crippen molar-refractivity contribution in [3.63, 3.8) is 0 Å². The molecular weight excluding hydrogens is 302 g/mol. The van der Waals surface area contributed by atoms with Crippen LogP contribution in [0.4, 0.5) is 0 Å². The first-order valence-electron chi connectivity index (χ1n) is 6.38. The number of rotatable bonds is 5. The number of aromatic carboxylic acids is 1. The van der Waals surface area contributed by atoms with Gasteiger partial charge in [0.05, 0.1) is 6.10 Å². The van der Waals surface area contributed by atoms with Crippen molar-refractivity contribution in [1.29, 1.82) is 0 Å². The Labute approximate surface area is 121 Å². The van der Waals surface area contributed by atoms with Crippen molar-refractivity contribution in [3.8, 4) is 0 Å². The summed E-state index contributed by atoms with van der Waals surface area (Å²) in [6.45, 7) is 0.282. The molecule has 1 aromatic heterocycles. The van der Waals surface area contributed by atoms with Gasteiger partial charge in [0.2, 0.25) is 10.0 Å². The van der Waals surface area contributed by atoms with Gasteiger partial charge in [0.15, 0.2) is 0 Å². The molecule has 0 amide bonds. The van der Waals surface area contributed by atoms with Gasteiger partial charge < -0.3 is 10.2 Å². The number of hydrogen-bond donors (Lipinski definition) is 3. The highest BCUT2D eigenvalue weighted by atomic mass is 32.2. The maximum absolute atomic E-state index is 12.1. The van der Waals surface area contributed by atoms with Crippen molar-refractivity contribution >= 4 is 27.3 Å². The Morgan fingerprint density at radius 1 is 1.35 bits per heavy atom. The van der Waals surface area contributed by atoms with Gasteiger partial charge in [0, 0.05) is 6.54 Å². The number of carboxylic acid groups (broad SMARTS) is 1. The summed E-state index contributed by atoms with van der Waals surface area (Å²) < 4.78 is 26.7.